The Morgan fingerprint density at radius 3 is 1.22 bits per heavy atom. The second-order valence-electron chi connectivity index (χ2n) is 16.0. The number of ether oxygens (including phenoxy) is 3. The molecular formula is C53H90O6. The highest BCUT2D eigenvalue weighted by molar-refractivity contribution is 5.71. The van der Waals surface area contributed by atoms with Crippen LogP contribution in [0.25, 0.3) is 0 Å². The third kappa shape index (κ3) is 45.8. The second kappa shape index (κ2) is 47.5. The third-order valence-corrected chi connectivity index (χ3v) is 10.2. The maximum atomic E-state index is 12.7. The summed E-state index contributed by atoms with van der Waals surface area (Å²) < 4.78 is 16.7. The maximum Gasteiger partial charge on any atom is 0.306 e. The summed E-state index contributed by atoms with van der Waals surface area (Å²) in [6.45, 7) is 6.42. The molecule has 0 bridgehead atoms. The summed E-state index contributed by atoms with van der Waals surface area (Å²) in [5.74, 6) is -0.977. The molecule has 0 saturated carbocycles. The van der Waals surface area contributed by atoms with Crippen molar-refractivity contribution in [3.8, 4) is 0 Å². The topological polar surface area (TPSA) is 78.9 Å². The molecule has 6 nitrogen and oxygen atoms in total. The highest BCUT2D eigenvalue weighted by Crippen LogP contribution is 2.13. The van der Waals surface area contributed by atoms with E-state index in [1.54, 1.807) is 0 Å². The molecule has 0 aromatic heterocycles. The number of hydrogen-bond donors (Lipinski definition) is 0. The molecule has 0 aliphatic rings. The van der Waals surface area contributed by atoms with Crippen LogP contribution in [0, 0.1) is 0 Å². The minimum atomic E-state index is -0.802. The van der Waals surface area contributed by atoms with E-state index >= 15 is 0 Å². The lowest BCUT2D eigenvalue weighted by molar-refractivity contribution is -0.167. The molecule has 0 aromatic rings. The molecule has 0 saturated heterocycles. The lowest BCUT2D eigenvalue weighted by atomic mass is 10.1. The molecular weight excluding hydrogens is 733 g/mol. The van der Waals surface area contributed by atoms with E-state index < -0.39 is 6.10 Å². The van der Waals surface area contributed by atoms with Crippen LogP contribution in [0.3, 0.4) is 0 Å². The number of unbranched alkanes of at least 4 members (excludes halogenated alkanes) is 22. The first-order valence-corrected chi connectivity index (χ1v) is 24.5. The van der Waals surface area contributed by atoms with Crippen molar-refractivity contribution in [3.63, 3.8) is 0 Å². The van der Waals surface area contributed by atoms with Crippen molar-refractivity contribution in [1.29, 1.82) is 0 Å². The summed E-state index contributed by atoms with van der Waals surface area (Å²) in [4.78, 5) is 37.8. The van der Waals surface area contributed by atoms with Gasteiger partial charge in [-0.25, -0.2) is 0 Å². The van der Waals surface area contributed by atoms with Gasteiger partial charge in [0.2, 0.25) is 0 Å². The standard InChI is InChI=1S/C53H90O6/c1-4-7-10-13-16-19-21-23-25-26-27-28-30-31-34-37-40-43-46-52(55)58-49-50(48-57-51(54)45-42-39-36-33-18-15-12-9-6-3)59-53(56)47-44-41-38-35-32-29-24-22-20-17-14-11-8-5-2/h9,12,18,21,23,25-29,32-33,50H,4-8,10-11,13-17,19-20,22,24,30-31,34-49H2,1-3H3/b12-9-,23-21-,26-25-,28-27-,32-29-,33-18-. The van der Waals surface area contributed by atoms with E-state index in [4.69, 9.17) is 14.2 Å². The summed E-state index contributed by atoms with van der Waals surface area (Å²) in [7, 11) is 0. The van der Waals surface area contributed by atoms with Crippen LogP contribution in [0.1, 0.15) is 226 Å². The Morgan fingerprint density at radius 1 is 0.373 bits per heavy atom. The maximum absolute atomic E-state index is 12.7. The molecule has 0 amide bonds. The number of esters is 3. The summed E-state index contributed by atoms with van der Waals surface area (Å²) in [5, 5.41) is 0. The molecule has 6 heteroatoms. The Balaban J connectivity index is 4.42. The predicted molar refractivity (Wildman–Crippen MR) is 251 cm³/mol. The lowest BCUT2D eigenvalue weighted by Gasteiger charge is -2.18. The van der Waals surface area contributed by atoms with Crippen LogP contribution in [0.4, 0.5) is 0 Å². The first kappa shape index (κ1) is 55.9. The second-order valence-corrected chi connectivity index (χ2v) is 16.0. The zero-order chi connectivity index (χ0) is 43.0. The molecule has 0 aromatic carbocycles. The van der Waals surface area contributed by atoms with Gasteiger partial charge in [0.1, 0.15) is 13.2 Å². The van der Waals surface area contributed by atoms with E-state index in [0.717, 1.165) is 109 Å². The fourth-order valence-electron chi connectivity index (χ4n) is 6.53. The van der Waals surface area contributed by atoms with Gasteiger partial charge in [-0.05, 0) is 96.3 Å². The van der Waals surface area contributed by atoms with Crippen molar-refractivity contribution in [3.05, 3.63) is 72.9 Å². The Kier molecular flexibility index (Phi) is 45.0. The molecule has 0 aliphatic heterocycles. The van der Waals surface area contributed by atoms with E-state index in [2.05, 4.69) is 93.7 Å². The van der Waals surface area contributed by atoms with Crippen molar-refractivity contribution < 1.29 is 28.6 Å². The molecule has 1 atom stereocenters. The van der Waals surface area contributed by atoms with Gasteiger partial charge in [0.25, 0.3) is 0 Å². The minimum absolute atomic E-state index is 0.103. The zero-order valence-electron chi connectivity index (χ0n) is 38.5. The van der Waals surface area contributed by atoms with Gasteiger partial charge in [0, 0.05) is 19.3 Å². The normalized spacial score (nSPS) is 12.7. The molecule has 0 spiro atoms. The number of rotatable bonds is 43. The van der Waals surface area contributed by atoms with Gasteiger partial charge in [-0.1, -0.05) is 184 Å². The van der Waals surface area contributed by atoms with E-state index in [-0.39, 0.29) is 31.1 Å². The van der Waals surface area contributed by atoms with Gasteiger partial charge in [0.15, 0.2) is 6.10 Å². The van der Waals surface area contributed by atoms with E-state index in [1.165, 1.54) is 77.0 Å². The Labute approximate surface area is 363 Å². The summed E-state index contributed by atoms with van der Waals surface area (Å²) in [6, 6.07) is 0. The van der Waals surface area contributed by atoms with Crippen LogP contribution in [-0.4, -0.2) is 37.2 Å². The molecule has 0 aliphatic carbocycles. The SMILES string of the molecule is CC/C=C\C/C=C\CCCCC(=O)OCC(COC(=O)CCCCCCC\C=C/C=C\C=C/CCCCCCC)OC(=O)CCCCC/C=C\CCCCCCCCC. The van der Waals surface area contributed by atoms with Crippen LogP contribution < -0.4 is 0 Å². The molecule has 0 N–H and O–H groups in total. The molecule has 0 radical (unpaired) electrons. The van der Waals surface area contributed by atoms with Crippen LogP contribution in [0.2, 0.25) is 0 Å². The molecule has 338 valence electrons. The highest BCUT2D eigenvalue weighted by atomic mass is 16.6. The molecule has 0 rings (SSSR count). The third-order valence-electron chi connectivity index (χ3n) is 10.2. The van der Waals surface area contributed by atoms with Crippen molar-refractivity contribution >= 4 is 17.9 Å². The van der Waals surface area contributed by atoms with Crippen LogP contribution in [0.15, 0.2) is 72.9 Å². The van der Waals surface area contributed by atoms with Crippen molar-refractivity contribution in [1.82, 2.24) is 0 Å². The van der Waals surface area contributed by atoms with Gasteiger partial charge in [0.05, 0.1) is 0 Å². The first-order valence-electron chi connectivity index (χ1n) is 24.5. The smallest absolute Gasteiger partial charge is 0.306 e. The lowest BCUT2D eigenvalue weighted by Crippen LogP contribution is -2.30. The van der Waals surface area contributed by atoms with Crippen LogP contribution >= 0.6 is 0 Å². The van der Waals surface area contributed by atoms with Crippen molar-refractivity contribution in [2.24, 2.45) is 0 Å². The molecule has 1 unspecified atom stereocenters. The fourth-order valence-corrected chi connectivity index (χ4v) is 6.53. The number of hydrogen-bond acceptors (Lipinski definition) is 6. The van der Waals surface area contributed by atoms with E-state index in [0.29, 0.717) is 19.3 Å². The highest BCUT2D eigenvalue weighted by Gasteiger charge is 2.19. The van der Waals surface area contributed by atoms with Crippen LogP contribution in [0.5, 0.6) is 0 Å². The molecule has 59 heavy (non-hydrogen) atoms. The Hall–Kier alpha value is -3.15. The average Bonchev–Trinajstić information content (AvgIpc) is 3.23. The zero-order valence-corrected chi connectivity index (χ0v) is 38.5. The summed E-state index contributed by atoms with van der Waals surface area (Å²) in [6.07, 6.45) is 59.0. The summed E-state index contributed by atoms with van der Waals surface area (Å²) >= 11 is 0. The van der Waals surface area contributed by atoms with E-state index in [1.807, 2.05) is 0 Å². The number of allylic oxidation sites excluding steroid dienone is 12. The van der Waals surface area contributed by atoms with E-state index in [9.17, 15) is 14.4 Å². The minimum Gasteiger partial charge on any atom is -0.462 e. The number of carbonyl (C=O) groups is 3. The van der Waals surface area contributed by atoms with Gasteiger partial charge in [-0.2, -0.15) is 0 Å². The largest absolute Gasteiger partial charge is 0.462 e. The molecule has 0 fully saturated rings. The van der Waals surface area contributed by atoms with Crippen molar-refractivity contribution in [2.75, 3.05) is 13.2 Å². The van der Waals surface area contributed by atoms with Gasteiger partial charge in [-0.3, -0.25) is 14.4 Å². The predicted octanol–water partition coefficient (Wildman–Crippen LogP) is 15.9. The van der Waals surface area contributed by atoms with Gasteiger partial charge < -0.3 is 14.2 Å². The average molecular weight is 823 g/mol. The number of carbonyl (C=O) groups excluding carboxylic acids is 3. The quantitative estimate of drug-likeness (QED) is 0.0200. The van der Waals surface area contributed by atoms with Crippen LogP contribution in [-0.2, 0) is 28.6 Å². The Morgan fingerprint density at radius 2 is 0.729 bits per heavy atom. The monoisotopic (exact) mass is 823 g/mol. The van der Waals surface area contributed by atoms with Crippen molar-refractivity contribution in [2.45, 2.75) is 232 Å². The Bertz CT molecular complexity index is 1130. The van der Waals surface area contributed by atoms with Gasteiger partial charge in [-0.15, -0.1) is 0 Å². The fraction of sp³-hybridized carbons (Fsp3) is 0.717. The van der Waals surface area contributed by atoms with Gasteiger partial charge >= 0.3 is 17.9 Å². The molecule has 0 heterocycles. The first-order chi connectivity index (χ1) is 29.0. The summed E-state index contributed by atoms with van der Waals surface area (Å²) in [5.41, 5.74) is 0.